The van der Waals surface area contributed by atoms with Crippen LogP contribution in [0.2, 0.25) is 0 Å². The number of aliphatic hydroxyl groups excluding tert-OH is 1. The van der Waals surface area contributed by atoms with Gasteiger partial charge in [0.05, 0.1) is 12.1 Å². The van der Waals surface area contributed by atoms with Crippen LogP contribution in [0.4, 0.5) is 5.69 Å². The lowest BCUT2D eigenvalue weighted by Gasteiger charge is -2.36. The summed E-state index contributed by atoms with van der Waals surface area (Å²) in [7, 11) is 0. The summed E-state index contributed by atoms with van der Waals surface area (Å²) in [5.41, 5.74) is 3.61. The highest BCUT2D eigenvalue weighted by molar-refractivity contribution is 9.10. The Morgan fingerprint density at radius 1 is 1.40 bits per heavy atom. The number of anilines is 1. The summed E-state index contributed by atoms with van der Waals surface area (Å²) >= 11 is 5.44. The maximum absolute atomic E-state index is 9.72. The number of thiophene rings is 1. The maximum Gasteiger partial charge on any atom is 0.0772 e. The molecule has 0 radical (unpaired) electrons. The monoisotopic (exact) mass is 351 g/mol. The van der Waals surface area contributed by atoms with Gasteiger partial charge < -0.3 is 10.0 Å². The van der Waals surface area contributed by atoms with Crippen LogP contribution in [0.3, 0.4) is 0 Å². The molecule has 0 bridgehead atoms. The van der Waals surface area contributed by atoms with Crippen molar-refractivity contribution in [3.8, 4) is 0 Å². The molecule has 1 aromatic heterocycles. The van der Waals surface area contributed by atoms with Crippen molar-refractivity contribution in [3.63, 3.8) is 0 Å². The second-order valence-corrected chi connectivity index (χ2v) is 7.16. The first-order chi connectivity index (χ1) is 9.58. The van der Waals surface area contributed by atoms with E-state index < -0.39 is 6.10 Å². The first-order valence-corrected chi connectivity index (χ1v) is 8.55. The van der Waals surface area contributed by atoms with E-state index in [1.54, 1.807) is 6.92 Å². The Hall–Kier alpha value is -0.840. The van der Waals surface area contributed by atoms with Crippen LogP contribution in [-0.4, -0.2) is 11.7 Å². The number of nitrogens with zero attached hydrogens (tertiary/aromatic N) is 1. The van der Waals surface area contributed by atoms with Crippen molar-refractivity contribution >= 4 is 33.0 Å². The van der Waals surface area contributed by atoms with Crippen LogP contribution >= 0.6 is 27.3 Å². The predicted octanol–water partition coefficient (Wildman–Crippen LogP) is 4.69. The predicted molar refractivity (Wildman–Crippen MR) is 88.6 cm³/mol. The number of rotatable bonds is 2. The van der Waals surface area contributed by atoms with E-state index in [0.29, 0.717) is 6.04 Å². The Balaban J connectivity index is 1.93. The third-order valence-electron chi connectivity index (χ3n) is 4.04. The fourth-order valence-corrected chi connectivity index (χ4v) is 4.56. The third-order valence-corrected chi connectivity index (χ3v) is 5.73. The molecule has 1 aliphatic rings. The van der Waals surface area contributed by atoms with Crippen LogP contribution in [0.15, 0.2) is 34.1 Å². The van der Waals surface area contributed by atoms with Crippen LogP contribution in [0.1, 0.15) is 42.0 Å². The lowest BCUT2D eigenvalue weighted by Crippen LogP contribution is -2.33. The number of halogens is 1. The normalized spacial score (nSPS) is 19.8. The zero-order chi connectivity index (χ0) is 14.3. The van der Waals surface area contributed by atoms with E-state index in [2.05, 4.69) is 51.3 Å². The molecule has 2 aromatic rings. The first kappa shape index (κ1) is 14.1. The van der Waals surface area contributed by atoms with Crippen molar-refractivity contribution in [2.24, 2.45) is 0 Å². The van der Waals surface area contributed by atoms with Crippen LogP contribution in [0.25, 0.3) is 0 Å². The Morgan fingerprint density at radius 2 is 2.20 bits per heavy atom. The molecule has 2 nitrogen and oxygen atoms in total. The van der Waals surface area contributed by atoms with E-state index in [9.17, 15) is 5.11 Å². The van der Waals surface area contributed by atoms with Crippen molar-refractivity contribution in [3.05, 3.63) is 50.1 Å². The molecule has 0 spiro atoms. The molecule has 3 rings (SSSR count). The van der Waals surface area contributed by atoms with Gasteiger partial charge in [-0.05, 0) is 55.0 Å². The Morgan fingerprint density at radius 3 is 2.90 bits per heavy atom. The molecule has 1 aromatic carbocycles. The summed E-state index contributed by atoms with van der Waals surface area (Å²) in [5, 5.41) is 11.9. The molecule has 0 saturated heterocycles. The molecule has 1 unspecified atom stereocenters. The standard InChI is InChI=1S/C16H18BrNOS/c1-10-13-6-8-20-16(13)5-7-18(10)12-3-4-14(11(2)19)15(17)9-12/h3-4,6,8-11,19H,5,7H2,1-2H3/t10?,11-/m1/s1. The van der Waals surface area contributed by atoms with Crippen molar-refractivity contribution in [2.45, 2.75) is 32.4 Å². The Kier molecular flexibility index (Phi) is 3.89. The summed E-state index contributed by atoms with van der Waals surface area (Å²) in [6, 6.07) is 8.90. The lowest BCUT2D eigenvalue weighted by atomic mass is 10.00. The summed E-state index contributed by atoms with van der Waals surface area (Å²) in [6.45, 7) is 5.11. The van der Waals surface area contributed by atoms with Gasteiger partial charge in [-0.25, -0.2) is 0 Å². The van der Waals surface area contributed by atoms with E-state index in [1.807, 2.05) is 17.4 Å². The number of benzene rings is 1. The summed E-state index contributed by atoms with van der Waals surface area (Å²) in [5.74, 6) is 0. The number of hydrogen-bond acceptors (Lipinski definition) is 3. The summed E-state index contributed by atoms with van der Waals surface area (Å²) < 4.78 is 0.980. The van der Waals surface area contributed by atoms with E-state index in [4.69, 9.17) is 0 Å². The molecule has 2 heterocycles. The number of hydrogen-bond donors (Lipinski definition) is 1. The second kappa shape index (κ2) is 5.51. The molecule has 1 N–H and O–H groups in total. The molecule has 0 aliphatic carbocycles. The minimum absolute atomic E-state index is 0.411. The highest BCUT2D eigenvalue weighted by atomic mass is 79.9. The van der Waals surface area contributed by atoms with Gasteiger partial charge >= 0.3 is 0 Å². The summed E-state index contributed by atoms with van der Waals surface area (Å²) in [6.07, 6.45) is 0.674. The fourth-order valence-electron chi connectivity index (χ4n) is 2.90. The van der Waals surface area contributed by atoms with Crippen molar-refractivity contribution in [2.75, 3.05) is 11.4 Å². The van der Waals surface area contributed by atoms with Gasteiger partial charge in [-0.1, -0.05) is 22.0 Å². The van der Waals surface area contributed by atoms with Gasteiger partial charge in [0.15, 0.2) is 0 Å². The molecule has 20 heavy (non-hydrogen) atoms. The smallest absolute Gasteiger partial charge is 0.0772 e. The van der Waals surface area contributed by atoms with Gasteiger partial charge in [0, 0.05) is 21.6 Å². The van der Waals surface area contributed by atoms with E-state index >= 15 is 0 Å². The minimum Gasteiger partial charge on any atom is -0.389 e. The topological polar surface area (TPSA) is 23.5 Å². The molecular weight excluding hydrogens is 334 g/mol. The number of aliphatic hydroxyl groups is 1. The van der Waals surface area contributed by atoms with Crippen molar-refractivity contribution < 1.29 is 5.11 Å². The van der Waals surface area contributed by atoms with Crippen molar-refractivity contribution in [1.82, 2.24) is 0 Å². The maximum atomic E-state index is 9.72. The highest BCUT2D eigenvalue weighted by Gasteiger charge is 2.25. The third kappa shape index (κ3) is 2.41. The average molecular weight is 352 g/mol. The van der Waals surface area contributed by atoms with E-state index in [0.717, 1.165) is 23.0 Å². The molecule has 2 atom stereocenters. The Bertz CT molecular complexity index is 623. The highest BCUT2D eigenvalue weighted by Crippen LogP contribution is 2.37. The lowest BCUT2D eigenvalue weighted by molar-refractivity contribution is 0.198. The molecule has 4 heteroatoms. The Labute approximate surface area is 132 Å². The van der Waals surface area contributed by atoms with E-state index in [-0.39, 0.29) is 0 Å². The molecule has 0 saturated carbocycles. The van der Waals surface area contributed by atoms with Gasteiger partial charge in [-0.2, -0.15) is 0 Å². The molecule has 106 valence electrons. The van der Waals surface area contributed by atoms with Crippen LogP contribution in [0, 0.1) is 0 Å². The zero-order valence-corrected chi connectivity index (χ0v) is 14.0. The fraction of sp³-hybridized carbons (Fsp3) is 0.375. The first-order valence-electron chi connectivity index (χ1n) is 6.88. The van der Waals surface area contributed by atoms with Gasteiger partial charge in [-0.3, -0.25) is 0 Å². The second-order valence-electron chi connectivity index (χ2n) is 5.30. The van der Waals surface area contributed by atoms with Crippen LogP contribution < -0.4 is 4.90 Å². The molecule has 1 aliphatic heterocycles. The summed E-state index contributed by atoms with van der Waals surface area (Å²) in [4.78, 5) is 3.96. The zero-order valence-electron chi connectivity index (χ0n) is 11.6. The molecule has 0 fully saturated rings. The van der Waals surface area contributed by atoms with E-state index in [1.165, 1.54) is 16.1 Å². The van der Waals surface area contributed by atoms with Gasteiger partial charge in [-0.15, -0.1) is 11.3 Å². The van der Waals surface area contributed by atoms with Crippen molar-refractivity contribution in [1.29, 1.82) is 0 Å². The van der Waals surface area contributed by atoms with Gasteiger partial charge in [0.2, 0.25) is 0 Å². The van der Waals surface area contributed by atoms with Gasteiger partial charge in [0.1, 0.15) is 0 Å². The molecular formula is C16H18BrNOS. The van der Waals surface area contributed by atoms with Crippen LogP contribution in [-0.2, 0) is 6.42 Å². The minimum atomic E-state index is -0.444. The molecule has 0 amide bonds. The SMILES string of the molecule is CC1c2ccsc2CCN1c1ccc([C@@H](C)O)c(Br)c1. The number of fused-ring (bicyclic) bond motifs is 1. The van der Waals surface area contributed by atoms with Gasteiger partial charge in [0.25, 0.3) is 0 Å². The quantitative estimate of drug-likeness (QED) is 0.848. The largest absolute Gasteiger partial charge is 0.389 e. The average Bonchev–Trinajstić information content (AvgIpc) is 2.87. The van der Waals surface area contributed by atoms with Crippen LogP contribution in [0.5, 0.6) is 0 Å².